The van der Waals surface area contributed by atoms with Crippen LogP contribution in [0, 0.1) is 29.6 Å². The Hall–Kier alpha value is -0.260. The van der Waals surface area contributed by atoms with Crippen LogP contribution in [0.4, 0.5) is 0 Å². The Morgan fingerprint density at radius 3 is 1.89 bits per heavy atom. The van der Waals surface area contributed by atoms with Crippen LogP contribution in [0.5, 0.6) is 0 Å². The van der Waals surface area contributed by atoms with Gasteiger partial charge in [0, 0.05) is 0 Å². The molecule has 2 rings (SSSR count). The van der Waals surface area contributed by atoms with Gasteiger partial charge in [0.15, 0.2) is 0 Å². The van der Waals surface area contributed by atoms with Crippen molar-refractivity contribution in [2.45, 2.75) is 140 Å². The van der Waals surface area contributed by atoms with Gasteiger partial charge in [0.2, 0.25) is 0 Å². The number of allylic oxidation sites excluding steroid dienone is 1. The maximum atomic E-state index is 3.48. The van der Waals surface area contributed by atoms with E-state index < -0.39 is 0 Å². The molecule has 0 heteroatoms. The van der Waals surface area contributed by atoms with E-state index in [2.05, 4.69) is 34.3 Å². The van der Waals surface area contributed by atoms with Gasteiger partial charge in [-0.05, 0) is 55.3 Å². The Balaban J connectivity index is -0.000000535. The Labute approximate surface area is 182 Å². The highest BCUT2D eigenvalue weighted by atomic mass is 14.4. The molecule has 0 aromatic heterocycles. The van der Waals surface area contributed by atoms with Crippen molar-refractivity contribution in [1.29, 1.82) is 0 Å². The molecule has 0 aromatic rings. The number of hydrogen-bond acceptors (Lipinski definition) is 0. The minimum absolute atomic E-state index is 0.989. The van der Waals surface area contributed by atoms with Gasteiger partial charge in [0.25, 0.3) is 0 Å². The lowest BCUT2D eigenvalue weighted by molar-refractivity contribution is 0.180. The largest absolute Gasteiger partial charge is 0.103 e. The smallest absolute Gasteiger partial charge is 0.0381 e. The first-order chi connectivity index (χ1) is 13.6. The van der Waals surface area contributed by atoms with E-state index >= 15 is 0 Å². The van der Waals surface area contributed by atoms with Crippen LogP contribution >= 0.6 is 0 Å². The Morgan fingerprint density at radius 2 is 1.39 bits per heavy atom. The molecule has 2 bridgehead atoms. The van der Waals surface area contributed by atoms with Crippen LogP contribution in [0.15, 0.2) is 12.7 Å². The lowest BCUT2D eigenvalue weighted by Gasteiger charge is -2.32. The fraction of sp³-hybridized carbons (Fsp3) is 0.929. The van der Waals surface area contributed by atoms with E-state index in [0.29, 0.717) is 0 Å². The maximum Gasteiger partial charge on any atom is -0.0381 e. The van der Waals surface area contributed by atoms with E-state index in [1.165, 1.54) is 51.4 Å². The molecule has 0 aromatic carbocycles. The van der Waals surface area contributed by atoms with Gasteiger partial charge in [-0.15, -0.1) is 6.58 Å². The Morgan fingerprint density at radius 1 is 0.821 bits per heavy atom. The summed E-state index contributed by atoms with van der Waals surface area (Å²) in [7, 11) is 0. The van der Waals surface area contributed by atoms with Crippen LogP contribution in [0.25, 0.3) is 0 Å². The molecule has 4 unspecified atom stereocenters. The van der Waals surface area contributed by atoms with Crippen molar-refractivity contribution >= 4 is 0 Å². The highest BCUT2D eigenvalue weighted by Crippen LogP contribution is 2.44. The average molecular weight is 397 g/mol. The van der Waals surface area contributed by atoms with E-state index in [1.807, 2.05) is 47.6 Å². The fourth-order valence-electron chi connectivity index (χ4n) is 4.69. The zero-order chi connectivity index (χ0) is 22.4. The van der Waals surface area contributed by atoms with E-state index in [4.69, 9.17) is 0 Å². The summed E-state index contributed by atoms with van der Waals surface area (Å²) in [6.07, 6.45) is 18.0. The van der Waals surface area contributed by atoms with Gasteiger partial charge in [-0.3, -0.25) is 0 Å². The SMILES string of the molecule is C=CCC.CC.CC.CC.CCCCC1CCC2CCCC(C)CC(C2)[C@@H]1C. The second kappa shape index (κ2) is 24.8. The molecule has 5 atom stereocenters. The first-order valence-electron chi connectivity index (χ1n) is 13.2. The number of rotatable bonds is 4. The minimum atomic E-state index is 0.989. The predicted octanol–water partition coefficient (Wildman–Crippen LogP) is 10.7. The predicted molar refractivity (Wildman–Crippen MR) is 135 cm³/mol. The van der Waals surface area contributed by atoms with Crippen LogP contribution in [-0.4, -0.2) is 0 Å². The normalized spacial score (nSPS) is 28.4. The summed E-state index contributed by atoms with van der Waals surface area (Å²) in [5, 5.41) is 0. The van der Waals surface area contributed by atoms with Crippen molar-refractivity contribution in [2.75, 3.05) is 0 Å². The Bertz CT molecular complexity index is 280. The lowest BCUT2D eigenvalue weighted by Crippen LogP contribution is -2.23. The molecule has 2 aliphatic carbocycles. The van der Waals surface area contributed by atoms with Crippen molar-refractivity contribution in [2.24, 2.45) is 29.6 Å². The molecule has 2 saturated carbocycles. The van der Waals surface area contributed by atoms with Gasteiger partial charge in [-0.2, -0.15) is 0 Å². The van der Waals surface area contributed by atoms with Crippen molar-refractivity contribution in [3.05, 3.63) is 12.7 Å². The molecular formula is C28H60. The Kier molecular flexibility index (Phi) is 28.7. The van der Waals surface area contributed by atoms with Gasteiger partial charge in [0.1, 0.15) is 0 Å². The summed E-state index contributed by atoms with van der Waals surface area (Å²) < 4.78 is 0. The highest BCUT2D eigenvalue weighted by Gasteiger charge is 2.33. The molecule has 2 fully saturated rings. The van der Waals surface area contributed by atoms with Crippen molar-refractivity contribution in [1.82, 2.24) is 0 Å². The second-order valence-corrected chi connectivity index (χ2v) is 8.17. The molecule has 0 radical (unpaired) electrons. The fourth-order valence-corrected chi connectivity index (χ4v) is 4.69. The van der Waals surface area contributed by atoms with Crippen molar-refractivity contribution in [3.63, 3.8) is 0 Å². The van der Waals surface area contributed by atoms with Gasteiger partial charge in [-0.1, -0.05) is 120 Å². The summed E-state index contributed by atoms with van der Waals surface area (Å²) in [5.41, 5.74) is 0. The topological polar surface area (TPSA) is 0 Å². The zero-order valence-electron chi connectivity index (χ0n) is 21.9. The van der Waals surface area contributed by atoms with Gasteiger partial charge < -0.3 is 0 Å². The average Bonchev–Trinajstić information content (AvgIpc) is 2.90. The molecule has 172 valence electrons. The van der Waals surface area contributed by atoms with E-state index in [0.717, 1.165) is 36.0 Å². The quantitative estimate of drug-likeness (QED) is 0.414. The van der Waals surface area contributed by atoms with Crippen LogP contribution in [0.1, 0.15) is 140 Å². The molecule has 0 saturated heterocycles. The third-order valence-corrected chi connectivity index (χ3v) is 6.30. The van der Waals surface area contributed by atoms with Crippen LogP contribution in [0.2, 0.25) is 0 Å². The third-order valence-electron chi connectivity index (χ3n) is 6.30. The first kappa shape index (κ1) is 32.4. The molecule has 2 aliphatic rings. The van der Waals surface area contributed by atoms with Crippen LogP contribution in [-0.2, 0) is 0 Å². The van der Waals surface area contributed by atoms with Crippen LogP contribution < -0.4 is 0 Å². The number of hydrogen-bond donors (Lipinski definition) is 0. The molecule has 0 nitrogen and oxygen atoms in total. The zero-order valence-corrected chi connectivity index (χ0v) is 21.9. The second-order valence-electron chi connectivity index (χ2n) is 8.17. The summed E-state index contributed by atoms with van der Waals surface area (Å²) in [5.74, 6) is 5.17. The summed E-state index contributed by atoms with van der Waals surface area (Å²) in [6.45, 7) is 25.0. The minimum Gasteiger partial charge on any atom is -0.103 e. The summed E-state index contributed by atoms with van der Waals surface area (Å²) in [6, 6.07) is 0. The van der Waals surface area contributed by atoms with Crippen molar-refractivity contribution in [3.8, 4) is 0 Å². The maximum absolute atomic E-state index is 3.48. The standard InChI is InChI=1S/C18H34.C4H8.3C2H6/c1-4-5-9-17-11-10-16-8-6-7-14(2)12-18(13-16)15(17)3;1-3-4-2;3*1-2/h14-18H,4-13H2,1-3H3;3H,1,4H2,2H3;3*1-2H3/t14?,15-,16?,17?,18?;;;;/m1..../s1. The lowest BCUT2D eigenvalue weighted by atomic mass is 9.73. The van der Waals surface area contributed by atoms with Gasteiger partial charge in [-0.25, -0.2) is 0 Å². The third kappa shape index (κ3) is 15.6. The van der Waals surface area contributed by atoms with Gasteiger partial charge in [0.05, 0.1) is 0 Å². The molecular weight excluding hydrogens is 336 g/mol. The van der Waals surface area contributed by atoms with Crippen molar-refractivity contribution < 1.29 is 0 Å². The van der Waals surface area contributed by atoms with E-state index in [1.54, 1.807) is 12.8 Å². The summed E-state index contributed by atoms with van der Waals surface area (Å²) >= 11 is 0. The molecule has 0 heterocycles. The molecule has 0 spiro atoms. The van der Waals surface area contributed by atoms with E-state index in [9.17, 15) is 0 Å². The van der Waals surface area contributed by atoms with Crippen LogP contribution in [0.3, 0.4) is 0 Å². The number of unbranched alkanes of at least 4 members (excludes halogenated alkanes) is 1. The molecule has 0 N–H and O–H groups in total. The summed E-state index contributed by atoms with van der Waals surface area (Å²) in [4.78, 5) is 0. The first-order valence-corrected chi connectivity index (χ1v) is 13.2. The monoisotopic (exact) mass is 396 g/mol. The highest BCUT2D eigenvalue weighted by molar-refractivity contribution is 4.84. The molecule has 0 amide bonds. The molecule has 28 heavy (non-hydrogen) atoms. The molecule has 0 aliphatic heterocycles. The van der Waals surface area contributed by atoms with E-state index in [-0.39, 0.29) is 0 Å². The number of fused-ring (bicyclic) bond motifs is 2. The van der Waals surface area contributed by atoms with Gasteiger partial charge >= 0.3 is 0 Å².